The van der Waals surface area contributed by atoms with Gasteiger partial charge >= 0.3 is 0 Å². The van der Waals surface area contributed by atoms with Crippen LogP contribution in [0.3, 0.4) is 0 Å². The lowest BCUT2D eigenvalue weighted by Gasteiger charge is -2.06. The Bertz CT molecular complexity index is 470. The number of nitrogens with two attached hydrogens (primary N) is 2. The van der Waals surface area contributed by atoms with E-state index in [0.717, 1.165) is 17.8 Å². The van der Waals surface area contributed by atoms with Gasteiger partial charge in [-0.1, -0.05) is 17.7 Å². The fourth-order valence-corrected chi connectivity index (χ4v) is 1.68. The molecule has 0 atom stereocenters. The molecule has 0 saturated carbocycles. The van der Waals surface area contributed by atoms with Gasteiger partial charge in [0.05, 0.1) is 5.69 Å². The second-order valence-electron chi connectivity index (χ2n) is 3.85. The lowest BCUT2D eigenvalue weighted by molar-refractivity contribution is 0.793. The lowest BCUT2D eigenvalue weighted by Crippen LogP contribution is -2.08. The van der Waals surface area contributed by atoms with Crippen molar-refractivity contribution in [2.45, 2.75) is 13.3 Å². The Morgan fingerprint density at radius 1 is 1.25 bits per heavy atom. The molecule has 4 nitrogen and oxygen atoms in total. The van der Waals surface area contributed by atoms with Crippen molar-refractivity contribution in [1.82, 2.24) is 9.78 Å². The molecule has 4 heteroatoms. The SMILES string of the molecule is Cc1ccc(-n2nc(N)cc2CCN)cc1. The highest BCUT2D eigenvalue weighted by Gasteiger charge is 2.06. The number of hydrogen-bond donors (Lipinski definition) is 2. The van der Waals surface area contributed by atoms with Crippen molar-refractivity contribution in [3.05, 3.63) is 41.6 Å². The topological polar surface area (TPSA) is 69.9 Å². The number of rotatable bonds is 3. The molecule has 4 N–H and O–H groups in total. The van der Waals surface area contributed by atoms with Crippen LogP contribution in [0.1, 0.15) is 11.3 Å². The van der Waals surface area contributed by atoms with Crippen molar-refractivity contribution in [3.63, 3.8) is 0 Å². The van der Waals surface area contributed by atoms with E-state index in [9.17, 15) is 0 Å². The summed E-state index contributed by atoms with van der Waals surface area (Å²) in [5, 5.41) is 4.27. The predicted molar refractivity (Wildman–Crippen MR) is 65.5 cm³/mol. The lowest BCUT2D eigenvalue weighted by atomic mass is 10.2. The smallest absolute Gasteiger partial charge is 0.146 e. The number of anilines is 1. The van der Waals surface area contributed by atoms with Crippen LogP contribution in [0.15, 0.2) is 30.3 Å². The molecule has 1 aromatic heterocycles. The minimum atomic E-state index is 0.532. The quantitative estimate of drug-likeness (QED) is 0.811. The van der Waals surface area contributed by atoms with Crippen molar-refractivity contribution < 1.29 is 0 Å². The van der Waals surface area contributed by atoms with Crippen molar-refractivity contribution >= 4 is 5.82 Å². The van der Waals surface area contributed by atoms with E-state index in [1.165, 1.54) is 5.56 Å². The summed E-state index contributed by atoms with van der Waals surface area (Å²) in [6.07, 6.45) is 0.776. The summed E-state index contributed by atoms with van der Waals surface area (Å²) in [7, 11) is 0. The first-order valence-corrected chi connectivity index (χ1v) is 5.32. The first-order chi connectivity index (χ1) is 7.70. The van der Waals surface area contributed by atoms with E-state index < -0.39 is 0 Å². The average Bonchev–Trinajstić information content (AvgIpc) is 2.61. The van der Waals surface area contributed by atoms with Gasteiger partial charge in [-0.2, -0.15) is 5.10 Å². The molecule has 84 valence electrons. The highest BCUT2D eigenvalue weighted by molar-refractivity contribution is 5.40. The summed E-state index contributed by atoms with van der Waals surface area (Å²) >= 11 is 0. The third kappa shape index (κ3) is 2.06. The van der Waals surface area contributed by atoms with E-state index >= 15 is 0 Å². The number of nitrogens with zero attached hydrogens (tertiary/aromatic N) is 2. The van der Waals surface area contributed by atoms with Gasteiger partial charge in [0.15, 0.2) is 0 Å². The molecule has 1 aromatic carbocycles. The number of aryl methyl sites for hydroxylation is 1. The van der Waals surface area contributed by atoms with Gasteiger partial charge < -0.3 is 11.5 Å². The van der Waals surface area contributed by atoms with E-state index in [1.807, 2.05) is 22.9 Å². The van der Waals surface area contributed by atoms with Crippen molar-refractivity contribution in [2.75, 3.05) is 12.3 Å². The maximum atomic E-state index is 5.70. The first kappa shape index (κ1) is 10.7. The molecule has 0 saturated heterocycles. The van der Waals surface area contributed by atoms with Crippen LogP contribution in [0.25, 0.3) is 5.69 Å². The Labute approximate surface area is 94.9 Å². The van der Waals surface area contributed by atoms with Gasteiger partial charge in [0.1, 0.15) is 5.82 Å². The molecule has 1 heterocycles. The molecular weight excluding hydrogens is 200 g/mol. The highest BCUT2D eigenvalue weighted by atomic mass is 15.3. The zero-order chi connectivity index (χ0) is 11.5. The van der Waals surface area contributed by atoms with Gasteiger partial charge in [-0.25, -0.2) is 4.68 Å². The minimum absolute atomic E-state index is 0.532. The second-order valence-corrected chi connectivity index (χ2v) is 3.85. The number of hydrogen-bond acceptors (Lipinski definition) is 3. The Hall–Kier alpha value is -1.81. The molecule has 0 fully saturated rings. The maximum Gasteiger partial charge on any atom is 0.146 e. The van der Waals surface area contributed by atoms with Crippen LogP contribution >= 0.6 is 0 Å². The van der Waals surface area contributed by atoms with Crippen molar-refractivity contribution in [3.8, 4) is 5.69 Å². The van der Waals surface area contributed by atoms with Crippen LogP contribution < -0.4 is 11.5 Å². The van der Waals surface area contributed by atoms with Crippen LogP contribution in [0, 0.1) is 6.92 Å². The summed E-state index contributed by atoms with van der Waals surface area (Å²) in [5.41, 5.74) is 14.6. The van der Waals surface area contributed by atoms with Gasteiger partial charge in [0.25, 0.3) is 0 Å². The fourth-order valence-electron chi connectivity index (χ4n) is 1.68. The number of aromatic nitrogens is 2. The zero-order valence-electron chi connectivity index (χ0n) is 9.35. The molecule has 0 radical (unpaired) electrons. The van der Waals surface area contributed by atoms with E-state index in [4.69, 9.17) is 11.5 Å². The summed E-state index contributed by atoms with van der Waals surface area (Å²) in [6, 6.07) is 10.0. The minimum Gasteiger partial charge on any atom is -0.382 e. The third-order valence-electron chi connectivity index (χ3n) is 2.48. The van der Waals surface area contributed by atoms with Gasteiger partial charge in [-0.3, -0.25) is 0 Å². The Balaban J connectivity index is 2.42. The molecule has 0 aliphatic heterocycles. The zero-order valence-corrected chi connectivity index (χ0v) is 9.35. The number of nitrogen functional groups attached to an aromatic ring is 1. The predicted octanol–water partition coefficient (Wildman–Crippen LogP) is 1.26. The molecule has 0 aliphatic carbocycles. The highest BCUT2D eigenvalue weighted by Crippen LogP contribution is 2.14. The van der Waals surface area contributed by atoms with Crippen molar-refractivity contribution in [2.24, 2.45) is 5.73 Å². The van der Waals surface area contributed by atoms with Crippen LogP contribution in [0.2, 0.25) is 0 Å². The second kappa shape index (κ2) is 4.37. The molecule has 0 spiro atoms. The molecule has 0 aliphatic rings. The van der Waals surface area contributed by atoms with Gasteiger partial charge in [-0.05, 0) is 25.6 Å². The van der Waals surface area contributed by atoms with Crippen LogP contribution in [-0.2, 0) is 6.42 Å². The largest absolute Gasteiger partial charge is 0.382 e. The molecule has 0 bridgehead atoms. The van der Waals surface area contributed by atoms with E-state index in [2.05, 4.69) is 24.2 Å². The van der Waals surface area contributed by atoms with Crippen molar-refractivity contribution in [1.29, 1.82) is 0 Å². The Morgan fingerprint density at radius 3 is 2.56 bits per heavy atom. The third-order valence-corrected chi connectivity index (χ3v) is 2.48. The van der Waals surface area contributed by atoms with Gasteiger partial charge in [0, 0.05) is 18.2 Å². The molecule has 0 unspecified atom stereocenters. The molecule has 2 aromatic rings. The normalized spacial score (nSPS) is 10.6. The van der Waals surface area contributed by atoms with E-state index in [0.29, 0.717) is 12.4 Å². The first-order valence-electron chi connectivity index (χ1n) is 5.32. The summed E-state index contributed by atoms with van der Waals surface area (Å²) < 4.78 is 1.85. The average molecular weight is 216 g/mol. The molecule has 16 heavy (non-hydrogen) atoms. The number of benzene rings is 1. The molecular formula is C12H16N4. The van der Waals surface area contributed by atoms with Crippen LogP contribution in [0.4, 0.5) is 5.82 Å². The van der Waals surface area contributed by atoms with Crippen LogP contribution in [0.5, 0.6) is 0 Å². The van der Waals surface area contributed by atoms with E-state index in [1.54, 1.807) is 0 Å². The summed E-state index contributed by atoms with van der Waals surface area (Å²) in [4.78, 5) is 0. The van der Waals surface area contributed by atoms with Gasteiger partial charge in [-0.15, -0.1) is 0 Å². The standard InChI is InChI=1S/C12H16N4/c1-9-2-4-10(5-3-9)16-11(6-7-13)8-12(14)15-16/h2-5,8H,6-7,13H2,1H3,(H2,14,15). The van der Waals surface area contributed by atoms with Gasteiger partial charge in [0.2, 0.25) is 0 Å². The maximum absolute atomic E-state index is 5.70. The van der Waals surface area contributed by atoms with Crippen LogP contribution in [-0.4, -0.2) is 16.3 Å². The summed E-state index contributed by atoms with van der Waals surface area (Å²) in [6.45, 7) is 2.65. The van der Waals surface area contributed by atoms with E-state index in [-0.39, 0.29) is 0 Å². The fraction of sp³-hybridized carbons (Fsp3) is 0.250. The molecule has 2 rings (SSSR count). The Kier molecular flexibility index (Phi) is 2.92. The Morgan fingerprint density at radius 2 is 1.94 bits per heavy atom. The molecule has 0 amide bonds. The summed E-state index contributed by atoms with van der Waals surface area (Å²) in [5.74, 6) is 0.532. The monoisotopic (exact) mass is 216 g/mol.